The molecule has 1 fully saturated rings. The molecule has 5 heteroatoms. The average Bonchev–Trinajstić information content (AvgIpc) is 3.08. The zero-order valence-electron chi connectivity index (χ0n) is 9.93. The van der Waals surface area contributed by atoms with Gasteiger partial charge in [0.2, 0.25) is 0 Å². The largest absolute Gasteiger partial charge is 0.393 e. The first kappa shape index (κ1) is 11.7. The van der Waals surface area contributed by atoms with Gasteiger partial charge in [0.05, 0.1) is 4.92 Å². The first-order valence-electron chi connectivity index (χ1n) is 5.94. The number of nitro benzene ring substituents is 1. The third-order valence-corrected chi connectivity index (χ3v) is 2.99. The van der Waals surface area contributed by atoms with Crippen LogP contribution < -0.4 is 10.6 Å². The molecule has 1 aromatic rings. The number of para-hydroxylation sites is 1. The molecule has 92 valence electrons. The molecule has 0 bridgehead atoms. The van der Waals surface area contributed by atoms with Gasteiger partial charge < -0.3 is 10.6 Å². The molecule has 0 aromatic heterocycles. The summed E-state index contributed by atoms with van der Waals surface area (Å²) in [6.45, 7) is 2.92. The molecule has 0 aliphatic heterocycles. The van der Waals surface area contributed by atoms with Crippen LogP contribution >= 0.6 is 0 Å². The summed E-state index contributed by atoms with van der Waals surface area (Å²) in [7, 11) is 0. The van der Waals surface area contributed by atoms with Crippen molar-refractivity contribution >= 4 is 17.1 Å². The van der Waals surface area contributed by atoms with E-state index in [4.69, 9.17) is 5.73 Å². The number of benzene rings is 1. The fourth-order valence-electron chi connectivity index (χ4n) is 2.11. The van der Waals surface area contributed by atoms with E-state index in [9.17, 15) is 10.1 Å². The van der Waals surface area contributed by atoms with E-state index in [1.807, 2.05) is 0 Å². The minimum atomic E-state index is -0.379. The minimum absolute atomic E-state index is 0.0489. The number of nitrogens with two attached hydrogens (primary N) is 1. The number of hydrogen-bond acceptors (Lipinski definition) is 4. The van der Waals surface area contributed by atoms with E-state index in [0.29, 0.717) is 11.7 Å². The van der Waals surface area contributed by atoms with Crippen molar-refractivity contribution in [3.8, 4) is 0 Å². The van der Waals surface area contributed by atoms with Gasteiger partial charge in [-0.15, -0.1) is 0 Å². The van der Waals surface area contributed by atoms with Gasteiger partial charge in [-0.25, -0.2) is 0 Å². The van der Waals surface area contributed by atoms with Gasteiger partial charge in [-0.05, 0) is 31.4 Å². The Labute approximate surface area is 100 Å². The zero-order chi connectivity index (χ0) is 12.4. The van der Waals surface area contributed by atoms with Gasteiger partial charge >= 0.3 is 5.69 Å². The molecule has 1 saturated carbocycles. The molecule has 0 radical (unpaired) electrons. The Hall–Kier alpha value is -1.78. The third-order valence-electron chi connectivity index (χ3n) is 2.99. The summed E-state index contributed by atoms with van der Waals surface area (Å²) in [5.74, 6) is 0. The van der Waals surface area contributed by atoms with Gasteiger partial charge in [0.1, 0.15) is 11.4 Å². The van der Waals surface area contributed by atoms with E-state index in [0.717, 1.165) is 25.8 Å². The smallest absolute Gasteiger partial charge is 0.315 e. The van der Waals surface area contributed by atoms with Gasteiger partial charge in [-0.2, -0.15) is 0 Å². The molecule has 0 atom stereocenters. The van der Waals surface area contributed by atoms with Crippen LogP contribution in [0.3, 0.4) is 0 Å². The minimum Gasteiger partial charge on any atom is -0.393 e. The van der Waals surface area contributed by atoms with Gasteiger partial charge in [0.25, 0.3) is 0 Å². The van der Waals surface area contributed by atoms with Crippen molar-refractivity contribution in [2.75, 3.05) is 17.2 Å². The maximum Gasteiger partial charge on any atom is 0.315 e. The summed E-state index contributed by atoms with van der Waals surface area (Å²) < 4.78 is 0. The number of rotatable bonds is 5. The second-order valence-electron chi connectivity index (χ2n) is 4.40. The van der Waals surface area contributed by atoms with Gasteiger partial charge in [0.15, 0.2) is 0 Å². The van der Waals surface area contributed by atoms with Crippen molar-refractivity contribution in [2.45, 2.75) is 32.2 Å². The van der Waals surface area contributed by atoms with Crippen molar-refractivity contribution in [1.82, 2.24) is 0 Å². The Morgan fingerprint density at radius 1 is 1.53 bits per heavy atom. The Balaban J connectivity index is 2.41. The molecule has 0 saturated heterocycles. The molecular weight excluding hydrogens is 218 g/mol. The Morgan fingerprint density at radius 2 is 2.24 bits per heavy atom. The predicted molar refractivity (Wildman–Crippen MR) is 68.2 cm³/mol. The van der Waals surface area contributed by atoms with Gasteiger partial charge in [-0.1, -0.05) is 13.0 Å². The molecule has 0 heterocycles. The Morgan fingerprint density at radius 3 is 2.76 bits per heavy atom. The van der Waals surface area contributed by atoms with Crippen LogP contribution in [-0.4, -0.2) is 17.5 Å². The van der Waals surface area contributed by atoms with E-state index >= 15 is 0 Å². The normalized spacial score (nSPS) is 14.6. The lowest BCUT2D eigenvalue weighted by Gasteiger charge is -2.24. The molecule has 5 nitrogen and oxygen atoms in total. The van der Waals surface area contributed by atoms with E-state index in [2.05, 4.69) is 11.8 Å². The highest BCUT2D eigenvalue weighted by atomic mass is 16.6. The summed E-state index contributed by atoms with van der Waals surface area (Å²) in [5, 5.41) is 11.1. The van der Waals surface area contributed by atoms with Crippen molar-refractivity contribution in [3.63, 3.8) is 0 Å². The second-order valence-corrected chi connectivity index (χ2v) is 4.40. The zero-order valence-corrected chi connectivity index (χ0v) is 9.93. The first-order valence-corrected chi connectivity index (χ1v) is 5.94. The number of nitrogen functional groups attached to an aromatic ring is 1. The SMILES string of the molecule is CCCN(c1cccc(N)c1[N+](=O)[O-])C1CC1. The van der Waals surface area contributed by atoms with Crippen molar-refractivity contribution in [1.29, 1.82) is 0 Å². The van der Waals surface area contributed by atoms with Crippen LogP contribution in [0.4, 0.5) is 17.1 Å². The van der Waals surface area contributed by atoms with Gasteiger partial charge in [0, 0.05) is 12.6 Å². The number of hydrogen-bond donors (Lipinski definition) is 1. The van der Waals surface area contributed by atoms with E-state index in [1.165, 1.54) is 0 Å². The van der Waals surface area contributed by atoms with Crippen LogP contribution in [0.15, 0.2) is 18.2 Å². The van der Waals surface area contributed by atoms with E-state index < -0.39 is 0 Å². The molecule has 0 spiro atoms. The lowest BCUT2D eigenvalue weighted by Crippen LogP contribution is -2.27. The van der Waals surface area contributed by atoms with Crippen molar-refractivity contribution < 1.29 is 4.92 Å². The first-order chi connectivity index (χ1) is 8.15. The molecule has 1 aliphatic rings. The van der Waals surface area contributed by atoms with Crippen molar-refractivity contribution in [3.05, 3.63) is 28.3 Å². The van der Waals surface area contributed by atoms with E-state index in [1.54, 1.807) is 18.2 Å². The predicted octanol–water partition coefficient (Wildman–Crippen LogP) is 2.56. The average molecular weight is 235 g/mol. The second kappa shape index (κ2) is 4.61. The van der Waals surface area contributed by atoms with Crippen LogP contribution in [0.25, 0.3) is 0 Å². The molecule has 1 aromatic carbocycles. The molecule has 0 amide bonds. The summed E-state index contributed by atoms with van der Waals surface area (Å²) >= 11 is 0. The maximum atomic E-state index is 11.1. The molecule has 1 aliphatic carbocycles. The molecule has 17 heavy (non-hydrogen) atoms. The summed E-state index contributed by atoms with van der Waals surface area (Å²) in [5.41, 5.74) is 6.67. The quantitative estimate of drug-likeness (QED) is 0.483. The van der Waals surface area contributed by atoms with Crippen LogP contribution in [0.2, 0.25) is 0 Å². The number of anilines is 2. The fraction of sp³-hybridized carbons (Fsp3) is 0.500. The lowest BCUT2D eigenvalue weighted by molar-refractivity contribution is -0.383. The van der Waals surface area contributed by atoms with Crippen LogP contribution in [0.5, 0.6) is 0 Å². The summed E-state index contributed by atoms with van der Waals surface area (Å²) in [4.78, 5) is 12.8. The third kappa shape index (κ3) is 2.33. The highest BCUT2D eigenvalue weighted by molar-refractivity contribution is 5.75. The molecule has 2 rings (SSSR count). The highest BCUT2D eigenvalue weighted by Crippen LogP contribution is 2.39. The van der Waals surface area contributed by atoms with Crippen LogP contribution in [0.1, 0.15) is 26.2 Å². The van der Waals surface area contributed by atoms with E-state index in [-0.39, 0.29) is 16.3 Å². The molecular formula is C12H17N3O2. The summed E-state index contributed by atoms with van der Waals surface area (Å²) in [6, 6.07) is 5.61. The molecule has 2 N–H and O–H groups in total. The number of nitro groups is 1. The van der Waals surface area contributed by atoms with Crippen LogP contribution in [-0.2, 0) is 0 Å². The van der Waals surface area contributed by atoms with Gasteiger partial charge in [-0.3, -0.25) is 10.1 Å². The number of nitrogens with zero attached hydrogens (tertiary/aromatic N) is 2. The van der Waals surface area contributed by atoms with Crippen molar-refractivity contribution in [2.24, 2.45) is 0 Å². The highest BCUT2D eigenvalue weighted by Gasteiger charge is 2.33. The lowest BCUT2D eigenvalue weighted by atomic mass is 10.2. The Bertz CT molecular complexity index is 430. The topological polar surface area (TPSA) is 72.4 Å². The van der Waals surface area contributed by atoms with Crippen LogP contribution in [0, 0.1) is 10.1 Å². The standard InChI is InChI=1S/C12H17N3O2/c1-2-8-14(9-6-7-9)11-5-3-4-10(13)12(11)15(16)17/h3-5,9H,2,6-8,13H2,1H3. The fourth-order valence-corrected chi connectivity index (χ4v) is 2.11. The monoisotopic (exact) mass is 235 g/mol. The molecule has 0 unspecified atom stereocenters. The summed E-state index contributed by atoms with van der Waals surface area (Å²) in [6.07, 6.45) is 3.21. The maximum absolute atomic E-state index is 11.1. The Kier molecular flexibility index (Phi) is 3.17.